The molecule has 0 aliphatic heterocycles. The van der Waals surface area contributed by atoms with Crippen molar-refractivity contribution in [1.29, 1.82) is 0 Å². The number of amides is 1. The monoisotopic (exact) mass is 299 g/mol. The van der Waals surface area contributed by atoms with Crippen LogP contribution in [0.15, 0.2) is 54.9 Å². The van der Waals surface area contributed by atoms with Gasteiger partial charge in [-0.15, -0.1) is 5.10 Å². The maximum Gasteiger partial charge on any atom is 0.255 e. The summed E-state index contributed by atoms with van der Waals surface area (Å²) in [6, 6.07) is 14.0. The number of rotatable bonds is 3. The van der Waals surface area contributed by atoms with Gasteiger partial charge in [0.25, 0.3) is 5.91 Å². The molecule has 0 aliphatic rings. The van der Waals surface area contributed by atoms with Crippen LogP contribution in [0.5, 0.6) is 0 Å². The summed E-state index contributed by atoms with van der Waals surface area (Å²) in [4.78, 5) is 12.1. The molecule has 2 aromatic carbocycles. The summed E-state index contributed by atoms with van der Waals surface area (Å²) < 4.78 is 1.51. The molecular formula is C14H10ClN5O. The molecule has 3 aromatic rings. The number of hydrogen-bond donors (Lipinski definition) is 1. The third kappa shape index (κ3) is 2.90. The minimum absolute atomic E-state index is 0.230. The molecule has 1 amide bonds. The lowest BCUT2D eigenvalue weighted by Crippen LogP contribution is -2.12. The van der Waals surface area contributed by atoms with Crippen molar-refractivity contribution < 1.29 is 4.79 Å². The fraction of sp³-hybridized carbons (Fsp3) is 0. The van der Waals surface area contributed by atoms with Crippen molar-refractivity contribution >= 4 is 23.2 Å². The summed E-state index contributed by atoms with van der Waals surface area (Å²) in [6.07, 6.45) is 1.48. The second kappa shape index (κ2) is 5.72. The smallest absolute Gasteiger partial charge is 0.255 e. The van der Waals surface area contributed by atoms with Crippen molar-refractivity contribution in [2.45, 2.75) is 0 Å². The Labute approximate surface area is 125 Å². The van der Waals surface area contributed by atoms with Gasteiger partial charge in [-0.25, -0.2) is 4.68 Å². The lowest BCUT2D eigenvalue weighted by molar-refractivity contribution is 0.102. The van der Waals surface area contributed by atoms with Crippen LogP contribution in [0.25, 0.3) is 5.69 Å². The van der Waals surface area contributed by atoms with E-state index in [-0.39, 0.29) is 5.91 Å². The summed E-state index contributed by atoms with van der Waals surface area (Å²) in [6.45, 7) is 0. The largest absolute Gasteiger partial charge is 0.321 e. The third-order valence-electron chi connectivity index (χ3n) is 2.87. The molecule has 1 N–H and O–H groups in total. The topological polar surface area (TPSA) is 72.7 Å². The van der Waals surface area contributed by atoms with E-state index in [4.69, 9.17) is 11.6 Å². The second-order valence-electron chi connectivity index (χ2n) is 4.24. The first kappa shape index (κ1) is 13.3. The van der Waals surface area contributed by atoms with Gasteiger partial charge in [-0.05, 0) is 46.8 Å². The highest BCUT2D eigenvalue weighted by Gasteiger charge is 2.08. The van der Waals surface area contributed by atoms with Crippen LogP contribution in [0, 0.1) is 0 Å². The number of nitrogens with one attached hydrogen (secondary N) is 1. The number of nitrogens with zero attached hydrogens (tertiary/aromatic N) is 4. The molecule has 0 saturated carbocycles. The van der Waals surface area contributed by atoms with E-state index in [1.165, 1.54) is 11.0 Å². The van der Waals surface area contributed by atoms with E-state index < -0.39 is 0 Å². The zero-order valence-electron chi connectivity index (χ0n) is 10.8. The van der Waals surface area contributed by atoms with Crippen LogP contribution in [-0.2, 0) is 0 Å². The van der Waals surface area contributed by atoms with Gasteiger partial charge in [0.2, 0.25) is 0 Å². The van der Waals surface area contributed by atoms with Crippen LogP contribution in [0.1, 0.15) is 10.4 Å². The Kier molecular flexibility index (Phi) is 3.61. The molecule has 0 unspecified atom stereocenters. The average Bonchev–Trinajstić information content (AvgIpc) is 3.04. The Morgan fingerprint density at radius 2 is 1.86 bits per heavy atom. The van der Waals surface area contributed by atoms with Crippen LogP contribution in [-0.4, -0.2) is 26.1 Å². The van der Waals surface area contributed by atoms with Crippen molar-refractivity contribution in [2.24, 2.45) is 0 Å². The molecule has 3 rings (SSSR count). The Hall–Kier alpha value is -2.73. The summed E-state index contributed by atoms with van der Waals surface area (Å²) in [7, 11) is 0. The highest BCUT2D eigenvalue weighted by atomic mass is 35.5. The number of carbonyl (C=O) groups is 1. The number of halogens is 1. The highest BCUT2D eigenvalue weighted by molar-refractivity contribution is 6.33. The Balaban J connectivity index is 1.78. The molecule has 21 heavy (non-hydrogen) atoms. The van der Waals surface area contributed by atoms with Crippen LogP contribution in [0.4, 0.5) is 5.69 Å². The molecule has 104 valence electrons. The van der Waals surface area contributed by atoms with E-state index in [1.54, 1.807) is 42.5 Å². The minimum Gasteiger partial charge on any atom is -0.321 e. The van der Waals surface area contributed by atoms with Crippen molar-refractivity contribution in [2.75, 3.05) is 5.32 Å². The van der Waals surface area contributed by atoms with Crippen molar-refractivity contribution in [1.82, 2.24) is 20.2 Å². The zero-order valence-corrected chi connectivity index (χ0v) is 11.5. The maximum atomic E-state index is 12.1. The number of para-hydroxylation sites is 1. The Morgan fingerprint density at radius 3 is 2.52 bits per heavy atom. The standard InChI is InChI=1S/C14H10ClN5O/c15-12-3-1-2-4-13(12)17-14(21)10-5-7-11(8-6-10)20-9-16-18-19-20/h1-9H,(H,17,21). The van der Waals surface area contributed by atoms with Crippen molar-refractivity contribution in [3.63, 3.8) is 0 Å². The first-order valence-electron chi connectivity index (χ1n) is 6.13. The van der Waals surface area contributed by atoms with E-state index in [0.717, 1.165) is 5.69 Å². The molecule has 0 saturated heterocycles. The number of hydrogen-bond acceptors (Lipinski definition) is 4. The number of aromatic nitrogens is 4. The van der Waals surface area contributed by atoms with Crippen LogP contribution in [0.2, 0.25) is 5.02 Å². The lowest BCUT2D eigenvalue weighted by Gasteiger charge is -2.07. The first-order chi connectivity index (χ1) is 10.2. The van der Waals surface area contributed by atoms with Gasteiger partial charge in [0.05, 0.1) is 16.4 Å². The fourth-order valence-corrected chi connectivity index (χ4v) is 1.99. The SMILES string of the molecule is O=C(Nc1ccccc1Cl)c1ccc(-n2cnnn2)cc1. The predicted molar refractivity (Wildman–Crippen MR) is 78.6 cm³/mol. The van der Waals surface area contributed by atoms with Crippen LogP contribution < -0.4 is 5.32 Å². The number of carbonyl (C=O) groups excluding carboxylic acids is 1. The van der Waals surface area contributed by atoms with Gasteiger partial charge in [-0.2, -0.15) is 0 Å². The molecule has 0 aliphatic carbocycles. The normalized spacial score (nSPS) is 10.3. The van der Waals surface area contributed by atoms with Gasteiger partial charge in [-0.3, -0.25) is 4.79 Å². The van der Waals surface area contributed by atoms with Crippen molar-refractivity contribution in [3.8, 4) is 5.69 Å². The molecule has 0 fully saturated rings. The fourth-order valence-electron chi connectivity index (χ4n) is 1.80. The van der Waals surface area contributed by atoms with E-state index >= 15 is 0 Å². The molecule has 1 heterocycles. The molecule has 0 radical (unpaired) electrons. The van der Waals surface area contributed by atoms with Gasteiger partial charge in [0, 0.05) is 5.56 Å². The van der Waals surface area contributed by atoms with E-state index in [9.17, 15) is 4.79 Å². The van der Waals surface area contributed by atoms with E-state index in [2.05, 4.69) is 20.8 Å². The molecular weight excluding hydrogens is 290 g/mol. The Bertz CT molecular complexity index is 755. The van der Waals surface area contributed by atoms with Crippen LogP contribution >= 0.6 is 11.6 Å². The summed E-state index contributed by atoms with van der Waals surface area (Å²) >= 11 is 6.01. The summed E-state index contributed by atoms with van der Waals surface area (Å²) in [5.74, 6) is -0.230. The molecule has 0 atom stereocenters. The first-order valence-corrected chi connectivity index (χ1v) is 6.51. The van der Waals surface area contributed by atoms with E-state index in [0.29, 0.717) is 16.3 Å². The molecule has 1 aromatic heterocycles. The molecule has 0 spiro atoms. The maximum absolute atomic E-state index is 12.1. The van der Waals surface area contributed by atoms with Gasteiger partial charge in [-0.1, -0.05) is 23.7 Å². The molecule has 7 heteroatoms. The number of tetrazole rings is 1. The lowest BCUT2D eigenvalue weighted by atomic mass is 10.2. The Morgan fingerprint density at radius 1 is 1.10 bits per heavy atom. The number of benzene rings is 2. The van der Waals surface area contributed by atoms with Gasteiger partial charge in [0.1, 0.15) is 6.33 Å². The highest BCUT2D eigenvalue weighted by Crippen LogP contribution is 2.21. The van der Waals surface area contributed by atoms with E-state index in [1.807, 2.05) is 6.07 Å². The predicted octanol–water partition coefficient (Wildman–Crippen LogP) is 2.57. The van der Waals surface area contributed by atoms with Gasteiger partial charge < -0.3 is 5.32 Å². The zero-order chi connectivity index (χ0) is 14.7. The van der Waals surface area contributed by atoms with Crippen LogP contribution in [0.3, 0.4) is 0 Å². The minimum atomic E-state index is -0.230. The summed E-state index contributed by atoms with van der Waals surface area (Å²) in [5.41, 5.74) is 1.87. The van der Waals surface area contributed by atoms with Gasteiger partial charge in [0.15, 0.2) is 0 Å². The average molecular weight is 300 g/mol. The third-order valence-corrected chi connectivity index (χ3v) is 3.19. The second-order valence-corrected chi connectivity index (χ2v) is 4.64. The summed E-state index contributed by atoms with van der Waals surface area (Å²) in [5, 5.41) is 14.2. The van der Waals surface area contributed by atoms with Crippen molar-refractivity contribution in [3.05, 3.63) is 65.4 Å². The number of anilines is 1. The van der Waals surface area contributed by atoms with Gasteiger partial charge >= 0.3 is 0 Å². The molecule has 0 bridgehead atoms. The molecule has 6 nitrogen and oxygen atoms in total. The quantitative estimate of drug-likeness (QED) is 0.806.